The molecular weight excluding hydrogens is 650 g/mol. The minimum atomic E-state index is -1.11. The summed E-state index contributed by atoms with van der Waals surface area (Å²) in [6.45, 7) is 17.4. The Morgan fingerprint density at radius 1 is 0.980 bits per heavy atom. The van der Waals surface area contributed by atoms with Gasteiger partial charge in [-0.25, -0.2) is 18.7 Å². The van der Waals surface area contributed by atoms with Gasteiger partial charge in [0.05, 0.1) is 40.0 Å². The van der Waals surface area contributed by atoms with Crippen LogP contribution in [0.5, 0.6) is 0 Å². The van der Waals surface area contributed by atoms with Crippen molar-refractivity contribution in [2.24, 2.45) is 0 Å². The van der Waals surface area contributed by atoms with Gasteiger partial charge >= 0.3 is 0 Å². The summed E-state index contributed by atoms with van der Waals surface area (Å²) in [5.74, 6) is -2.43. The number of anilines is 3. The molecule has 5 heterocycles. The fourth-order valence-corrected chi connectivity index (χ4v) is 8.16. The van der Waals surface area contributed by atoms with Crippen molar-refractivity contribution in [1.29, 1.82) is 0 Å². The molecule has 10 nitrogen and oxygen atoms in total. The summed E-state index contributed by atoms with van der Waals surface area (Å²) in [5.41, 5.74) is 2.89. The summed E-state index contributed by atoms with van der Waals surface area (Å²) in [6.07, 6.45) is 8.93. The van der Waals surface area contributed by atoms with Gasteiger partial charge in [-0.3, -0.25) is 19.5 Å². The van der Waals surface area contributed by atoms with Crippen molar-refractivity contribution < 1.29 is 18.4 Å². The number of halogens is 2. The van der Waals surface area contributed by atoms with Crippen LogP contribution < -0.4 is 15.5 Å². The largest absolute Gasteiger partial charge is 0.350 e. The van der Waals surface area contributed by atoms with Gasteiger partial charge < -0.3 is 20.1 Å². The van der Waals surface area contributed by atoms with E-state index in [0.29, 0.717) is 22.3 Å². The van der Waals surface area contributed by atoms with Gasteiger partial charge in [-0.15, -0.1) is 0 Å². The normalized spacial score (nSPS) is 21.8. The molecule has 1 aromatic carbocycles. The van der Waals surface area contributed by atoms with Gasteiger partial charge in [-0.05, 0) is 112 Å². The average molecular weight is 699 g/mol. The number of carbonyl (C=O) groups excluding carboxylic acids is 2. The highest BCUT2D eigenvalue weighted by Crippen LogP contribution is 2.50. The Morgan fingerprint density at radius 2 is 1.69 bits per heavy atom. The standard InChI is InChI=1S/C39H48F2N8O2/c1-21(2)44-36(50)26-15-28(32(41)31(40)23(26)5)46-35-33-29(43-20-48(33)22(3)4)16-27(45-35)24-14-30-34(42-19-24)38(6,7)37(51)49(30)25-17-39(8,18-25)47-12-10-9-11-13-47/h14-16,19-22,25H,9-13,17-18H2,1-8H3,(H,44,50)(H,45,46)/t25-,39+. The molecule has 51 heavy (non-hydrogen) atoms. The number of hydrogen-bond donors (Lipinski definition) is 2. The molecule has 0 spiro atoms. The van der Waals surface area contributed by atoms with Crippen LogP contribution in [0, 0.1) is 18.6 Å². The maximum atomic E-state index is 15.6. The molecule has 0 radical (unpaired) electrons. The van der Waals surface area contributed by atoms with Gasteiger partial charge in [-0.2, -0.15) is 0 Å². The lowest BCUT2D eigenvalue weighted by atomic mass is 9.71. The number of rotatable bonds is 8. The SMILES string of the molecule is Cc1c(C(=O)NC(C)C)cc(Nc2nc(-c3cnc4c(c3)N([C@H]3C[C@@](C)(N5CCCCC5)C3)C(=O)C4(C)C)cc3ncn(C(C)C)c23)c(F)c1F. The summed E-state index contributed by atoms with van der Waals surface area (Å²) in [6, 6.07) is 5.00. The molecule has 1 aliphatic carbocycles. The van der Waals surface area contributed by atoms with Crippen LogP contribution in [0.2, 0.25) is 0 Å². The maximum Gasteiger partial charge on any atom is 0.251 e. The van der Waals surface area contributed by atoms with E-state index in [2.05, 4.69) is 27.4 Å². The summed E-state index contributed by atoms with van der Waals surface area (Å²) < 4.78 is 32.8. The van der Waals surface area contributed by atoms with E-state index in [-0.39, 0.29) is 52.2 Å². The number of aromatic nitrogens is 4. The van der Waals surface area contributed by atoms with Gasteiger partial charge in [0.1, 0.15) is 5.52 Å². The second-order valence-corrected chi connectivity index (χ2v) is 15.9. The topological polar surface area (TPSA) is 108 Å². The third kappa shape index (κ3) is 5.85. The predicted molar refractivity (Wildman–Crippen MR) is 195 cm³/mol. The quantitative estimate of drug-likeness (QED) is 0.195. The Kier molecular flexibility index (Phi) is 8.67. The predicted octanol–water partition coefficient (Wildman–Crippen LogP) is 7.57. The highest BCUT2D eigenvalue weighted by atomic mass is 19.2. The molecule has 2 fully saturated rings. The molecule has 2 N–H and O–H groups in total. The Morgan fingerprint density at radius 3 is 2.35 bits per heavy atom. The smallest absolute Gasteiger partial charge is 0.251 e. The molecule has 3 aliphatic rings. The highest BCUT2D eigenvalue weighted by Gasteiger charge is 2.54. The summed E-state index contributed by atoms with van der Waals surface area (Å²) in [7, 11) is 0. The number of likely N-dealkylation sites (tertiary alicyclic amines) is 1. The molecule has 2 aliphatic heterocycles. The van der Waals surface area contributed by atoms with Gasteiger partial charge in [0.2, 0.25) is 5.91 Å². The van der Waals surface area contributed by atoms with Crippen molar-refractivity contribution in [3.63, 3.8) is 0 Å². The molecule has 12 heteroatoms. The first kappa shape index (κ1) is 35.0. The number of imidazole rings is 1. The minimum absolute atomic E-state index is 0.0169. The molecule has 4 aromatic rings. The van der Waals surface area contributed by atoms with E-state index in [4.69, 9.17) is 9.97 Å². The van der Waals surface area contributed by atoms with Crippen LogP contribution in [0.15, 0.2) is 30.7 Å². The fourth-order valence-electron chi connectivity index (χ4n) is 8.16. The zero-order chi connectivity index (χ0) is 36.6. The van der Waals surface area contributed by atoms with E-state index >= 15 is 8.78 Å². The van der Waals surface area contributed by atoms with Crippen molar-refractivity contribution >= 4 is 40.0 Å². The number of carbonyl (C=O) groups is 2. The second kappa shape index (κ2) is 12.6. The van der Waals surface area contributed by atoms with E-state index in [1.54, 1.807) is 26.4 Å². The lowest BCUT2D eigenvalue weighted by molar-refractivity contribution is -0.123. The van der Waals surface area contributed by atoms with E-state index in [1.165, 1.54) is 32.3 Å². The molecule has 1 saturated carbocycles. The van der Waals surface area contributed by atoms with E-state index in [1.807, 2.05) is 49.3 Å². The van der Waals surface area contributed by atoms with Crippen molar-refractivity contribution in [2.45, 2.75) is 117 Å². The first-order chi connectivity index (χ1) is 24.1. The lowest BCUT2D eigenvalue weighted by Crippen LogP contribution is -2.64. The Labute approximate surface area is 298 Å². The van der Waals surface area contributed by atoms with Gasteiger partial charge in [0, 0.05) is 46.6 Å². The summed E-state index contributed by atoms with van der Waals surface area (Å²) >= 11 is 0. The zero-order valence-electron chi connectivity index (χ0n) is 30.8. The zero-order valence-corrected chi connectivity index (χ0v) is 30.8. The molecular formula is C39H48F2N8O2. The van der Waals surface area contributed by atoms with Crippen LogP contribution in [-0.2, 0) is 10.2 Å². The highest BCUT2D eigenvalue weighted by molar-refractivity contribution is 6.08. The maximum absolute atomic E-state index is 15.6. The van der Waals surface area contributed by atoms with E-state index < -0.39 is 23.0 Å². The molecule has 0 bridgehead atoms. The van der Waals surface area contributed by atoms with Crippen LogP contribution in [0.1, 0.15) is 108 Å². The van der Waals surface area contributed by atoms with Gasteiger partial charge in [0.25, 0.3) is 5.91 Å². The molecule has 3 aromatic heterocycles. The van der Waals surface area contributed by atoms with Crippen LogP contribution in [0.25, 0.3) is 22.3 Å². The van der Waals surface area contributed by atoms with Crippen molar-refractivity contribution in [3.05, 3.63) is 59.2 Å². The van der Waals surface area contributed by atoms with E-state index in [0.717, 1.165) is 37.3 Å². The monoisotopic (exact) mass is 698 g/mol. The van der Waals surface area contributed by atoms with Crippen LogP contribution >= 0.6 is 0 Å². The average Bonchev–Trinajstić information content (AvgIpc) is 3.60. The van der Waals surface area contributed by atoms with Crippen molar-refractivity contribution in [2.75, 3.05) is 23.3 Å². The second-order valence-electron chi connectivity index (χ2n) is 15.9. The van der Waals surface area contributed by atoms with Crippen LogP contribution in [-0.4, -0.2) is 66.9 Å². The molecule has 7 rings (SSSR count). The summed E-state index contributed by atoms with van der Waals surface area (Å²) in [5, 5.41) is 5.79. The number of amides is 2. The fraction of sp³-hybridized carbons (Fsp3) is 0.513. The van der Waals surface area contributed by atoms with Gasteiger partial charge in [-0.1, -0.05) is 6.42 Å². The van der Waals surface area contributed by atoms with Crippen molar-refractivity contribution in [3.8, 4) is 11.3 Å². The van der Waals surface area contributed by atoms with E-state index in [9.17, 15) is 9.59 Å². The molecule has 270 valence electrons. The third-order valence-electron chi connectivity index (χ3n) is 11.1. The first-order valence-electron chi connectivity index (χ1n) is 18.1. The lowest BCUT2D eigenvalue weighted by Gasteiger charge is -2.55. The molecule has 1 saturated heterocycles. The van der Waals surface area contributed by atoms with Crippen LogP contribution in [0.3, 0.4) is 0 Å². The first-order valence-corrected chi connectivity index (χ1v) is 18.1. The molecule has 0 atom stereocenters. The Bertz CT molecular complexity index is 2040. The number of hydrogen-bond acceptors (Lipinski definition) is 7. The van der Waals surface area contributed by atoms with Gasteiger partial charge in [0.15, 0.2) is 17.5 Å². The molecule has 2 amide bonds. The third-order valence-corrected chi connectivity index (χ3v) is 11.1. The number of pyridine rings is 2. The Balaban J connectivity index is 1.29. The number of nitrogens with one attached hydrogen (secondary N) is 2. The van der Waals surface area contributed by atoms with Crippen molar-refractivity contribution in [1.82, 2.24) is 29.7 Å². The van der Waals surface area contributed by atoms with Crippen LogP contribution in [0.4, 0.5) is 26.0 Å². The number of benzene rings is 1. The summed E-state index contributed by atoms with van der Waals surface area (Å²) in [4.78, 5) is 46.0. The molecule has 0 unspecified atom stereocenters. The number of fused-ring (bicyclic) bond motifs is 2. The number of piperidine rings is 1. The Hall–Kier alpha value is -4.45. The number of nitrogens with zero attached hydrogens (tertiary/aromatic N) is 6. The minimum Gasteiger partial charge on any atom is -0.350 e.